The van der Waals surface area contributed by atoms with Crippen molar-refractivity contribution < 1.29 is 13.9 Å². The zero-order valence-corrected chi connectivity index (χ0v) is 14.8. The lowest BCUT2D eigenvalue weighted by Crippen LogP contribution is -2.06. The van der Waals surface area contributed by atoms with Crippen LogP contribution in [0.5, 0.6) is 11.5 Å². The third-order valence-corrected chi connectivity index (χ3v) is 3.56. The molecule has 0 aromatic heterocycles. The molecule has 3 nitrogen and oxygen atoms in total. The first-order valence-corrected chi connectivity index (χ1v) is 7.31. The van der Waals surface area contributed by atoms with Crippen molar-refractivity contribution in [3.05, 3.63) is 57.8 Å². The molecule has 2 rings (SSSR count). The molecule has 0 heterocycles. The fraction of sp³-hybridized carbons (Fsp3) is 0.250. The van der Waals surface area contributed by atoms with Gasteiger partial charge in [0.25, 0.3) is 0 Å². The summed E-state index contributed by atoms with van der Waals surface area (Å²) >= 11 is 3.50. The normalized spacial score (nSPS) is 10.0. The Labute approximate surface area is 144 Å². The number of methoxy groups -OCH3 is 1. The van der Waals surface area contributed by atoms with Crippen LogP contribution in [0.4, 0.5) is 4.39 Å². The zero-order valence-electron chi connectivity index (χ0n) is 12.4. The van der Waals surface area contributed by atoms with Gasteiger partial charge in [0.15, 0.2) is 11.5 Å². The molecule has 0 saturated heterocycles. The molecule has 0 radical (unpaired) electrons. The standard InChI is InChI=1S/C16H17BrFNO2.ClH/c1-19-9-12-7-14(17)16(15(8-12)20-2)21-10-11-3-5-13(18)6-4-11;/h3-8,19H,9-10H2,1-2H3;1H. The summed E-state index contributed by atoms with van der Waals surface area (Å²) in [4.78, 5) is 0. The highest BCUT2D eigenvalue weighted by Crippen LogP contribution is 2.37. The molecule has 0 saturated carbocycles. The van der Waals surface area contributed by atoms with Crippen LogP contribution in [-0.4, -0.2) is 14.2 Å². The molecule has 0 aliphatic carbocycles. The summed E-state index contributed by atoms with van der Waals surface area (Å²) in [5.74, 6) is 1.05. The van der Waals surface area contributed by atoms with E-state index in [4.69, 9.17) is 9.47 Å². The topological polar surface area (TPSA) is 30.5 Å². The van der Waals surface area contributed by atoms with Gasteiger partial charge in [-0.1, -0.05) is 12.1 Å². The molecule has 0 fully saturated rings. The number of hydrogen-bond donors (Lipinski definition) is 1. The van der Waals surface area contributed by atoms with E-state index in [1.807, 2.05) is 19.2 Å². The lowest BCUT2D eigenvalue weighted by atomic mass is 10.2. The van der Waals surface area contributed by atoms with Crippen molar-refractivity contribution in [3.8, 4) is 11.5 Å². The molecule has 22 heavy (non-hydrogen) atoms. The van der Waals surface area contributed by atoms with Crippen LogP contribution < -0.4 is 14.8 Å². The Balaban J connectivity index is 0.00000242. The maximum absolute atomic E-state index is 12.9. The number of rotatable bonds is 6. The quantitative estimate of drug-likeness (QED) is 0.797. The average molecular weight is 391 g/mol. The third kappa shape index (κ3) is 4.87. The van der Waals surface area contributed by atoms with Gasteiger partial charge < -0.3 is 14.8 Å². The molecule has 0 bridgehead atoms. The van der Waals surface area contributed by atoms with Crippen LogP contribution >= 0.6 is 28.3 Å². The van der Waals surface area contributed by atoms with Gasteiger partial charge in [0.2, 0.25) is 0 Å². The minimum atomic E-state index is -0.256. The molecule has 0 atom stereocenters. The first kappa shape index (κ1) is 18.7. The molecule has 2 aromatic carbocycles. The van der Waals surface area contributed by atoms with E-state index >= 15 is 0 Å². The predicted octanol–water partition coefficient (Wildman–Crippen LogP) is 4.32. The number of ether oxygens (including phenoxy) is 2. The smallest absolute Gasteiger partial charge is 0.175 e. The van der Waals surface area contributed by atoms with Gasteiger partial charge >= 0.3 is 0 Å². The average Bonchev–Trinajstić information content (AvgIpc) is 2.47. The van der Waals surface area contributed by atoms with E-state index in [9.17, 15) is 4.39 Å². The minimum absolute atomic E-state index is 0. The Bertz CT molecular complexity index is 608. The van der Waals surface area contributed by atoms with E-state index in [-0.39, 0.29) is 18.2 Å². The predicted molar refractivity (Wildman–Crippen MR) is 91.4 cm³/mol. The van der Waals surface area contributed by atoms with Crippen molar-refractivity contribution in [2.75, 3.05) is 14.2 Å². The Kier molecular flexibility index (Phi) is 7.65. The van der Waals surface area contributed by atoms with Gasteiger partial charge in [0.1, 0.15) is 12.4 Å². The molecule has 0 aliphatic rings. The van der Waals surface area contributed by atoms with Crippen molar-refractivity contribution >= 4 is 28.3 Å². The highest BCUT2D eigenvalue weighted by Gasteiger charge is 2.11. The van der Waals surface area contributed by atoms with Gasteiger partial charge in [-0.2, -0.15) is 0 Å². The fourth-order valence-corrected chi connectivity index (χ4v) is 2.56. The van der Waals surface area contributed by atoms with E-state index < -0.39 is 0 Å². The third-order valence-electron chi connectivity index (χ3n) is 2.97. The van der Waals surface area contributed by atoms with E-state index in [2.05, 4.69) is 21.2 Å². The van der Waals surface area contributed by atoms with Crippen LogP contribution in [0.3, 0.4) is 0 Å². The summed E-state index contributed by atoms with van der Waals surface area (Å²) in [5, 5.41) is 3.09. The van der Waals surface area contributed by atoms with Crippen molar-refractivity contribution in [1.29, 1.82) is 0 Å². The van der Waals surface area contributed by atoms with E-state index in [1.54, 1.807) is 19.2 Å². The Morgan fingerprint density at radius 3 is 2.41 bits per heavy atom. The lowest BCUT2D eigenvalue weighted by molar-refractivity contribution is 0.282. The fourth-order valence-electron chi connectivity index (χ4n) is 1.96. The number of halogens is 3. The molecule has 0 unspecified atom stereocenters. The molecule has 120 valence electrons. The SMILES string of the molecule is CNCc1cc(Br)c(OCc2ccc(F)cc2)c(OC)c1.Cl. The van der Waals surface area contributed by atoms with Crippen LogP contribution in [0.2, 0.25) is 0 Å². The first-order valence-electron chi connectivity index (χ1n) is 6.52. The van der Waals surface area contributed by atoms with Crippen LogP contribution in [0.15, 0.2) is 40.9 Å². The van der Waals surface area contributed by atoms with Crippen molar-refractivity contribution in [2.24, 2.45) is 0 Å². The molecular weight excluding hydrogens is 373 g/mol. The monoisotopic (exact) mass is 389 g/mol. The molecule has 0 aliphatic heterocycles. The van der Waals surface area contributed by atoms with Crippen LogP contribution in [0.25, 0.3) is 0 Å². The van der Waals surface area contributed by atoms with E-state index in [0.29, 0.717) is 18.1 Å². The molecule has 0 amide bonds. The summed E-state index contributed by atoms with van der Waals surface area (Å²) in [6, 6.07) is 10.2. The Hall–Kier alpha value is -1.30. The second-order valence-electron chi connectivity index (χ2n) is 4.55. The van der Waals surface area contributed by atoms with Gasteiger partial charge in [-0.3, -0.25) is 0 Å². The summed E-state index contributed by atoms with van der Waals surface area (Å²) in [6.45, 7) is 1.09. The molecule has 1 N–H and O–H groups in total. The van der Waals surface area contributed by atoms with Gasteiger partial charge in [-0.05, 0) is 58.4 Å². The van der Waals surface area contributed by atoms with Gasteiger partial charge in [-0.25, -0.2) is 4.39 Å². The van der Waals surface area contributed by atoms with Crippen LogP contribution in [0, 0.1) is 5.82 Å². The molecular formula is C16H18BrClFNO2. The number of hydrogen-bond acceptors (Lipinski definition) is 3. The summed E-state index contributed by atoms with van der Waals surface area (Å²) < 4.78 is 24.9. The van der Waals surface area contributed by atoms with Crippen LogP contribution in [-0.2, 0) is 13.2 Å². The number of nitrogens with one attached hydrogen (secondary N) is 1. The summed E-state index contributed by atoms with van der Waals surface area (Å²) in [5.41, 5.74) is 1.99. The zero-order chi connectivity index (χ0) is 15.2. The van der Waals surface area contributed by atoms with Gasteiger partial charge in [-0.15, -0.1) is 12.4 Å². The second-order valence-corrected chi connectivity index (χ2v) is 5.41. The number of benzene rings is 2. The first-order chi connectivity index (χ1) is 10.1. The van der Waals surface area contributed by atoms with E-state index in [0.717, 1.165) is 22.1 Å². The van der Waals surface area contributed by atoms with Gasteiger partial charge in [0, 0.05) is 6.54 Å². The molecule has 2 aromatic rings. The van der Waals surface area contributed by atoms with Crippen molar-refractivity contribution in [2.45, 2.75) is 13.2 Å². The molecule has 0 spiro atoms. The summed E-state index contributed by atoms with van der Waals surface area (Å²) in [6.07, 6.45) is 0. The van der Waals surface area contributed by atoms with Gasteiger partial charge in [0.05, 0.1) is 11.6 Å². The van der Waals surface area contributed by atoms with E-state index in [1.165, 1.54) is 12.1 Å². The highest BCUT2D eigenvalue weighted by atomic mass is 79.9. The molecule has 6 heteroatoms. The van der Waals surface area contributed by atoms with Crippen LogP contribution in [0.1, 0.15) is 11.1 Å². The van der Waals surface area contributed by atoms with Crippen molar-refractivity contribution in [3.63, 3.8) is 0 Å². The minimum Gasteiger partial charge on any atom is -0.493 e. The maximum Gasteiger partial charge on any atom is 0.175 e. The highest BCUT2D eigenvalue weighted by molar-refractivity contribution is 9.10. The maximum atomic E-state index is 12.9. The summed E-state index contributed by atoms with van der Waals surface area (Å²) in [7, 11) is 3.50. The lowest BCUT2D eigenvalue weighted by Gasteiger charge is -2.14. The Morgan fingerprint density at radius 1 is 1.14 bits per heavy atom. The Morgan fingerprint density at radius 2 is 1.82 bits per heavy atom. The second kappa shape index (κ2) is 8.98. The largest absolute Gasteiger partial charge is 0.493 e. The van der Waals surface area contributed by atoms with Crippen molar-refractivity contribution in [1.82, 2.24) is 5.32 Å².